The van der Waals surface area contributed by atoms with Crippen LogP contribution in [0.3, 0.4) is 0 Å². The van der Waals surface area contributed by atoms with Crippen LogP contribution in [0.1, 0.15) is 46.5 Å². The molecule has 5 nitrogen and oxygen atoms in total. The zero-order valence-corrected chi connectivity index (χ0v) is 14.8. The van der Waals surface area contributed by atoms with Gasteiger partial charge in [0.15, 0.2) is 0 Å². The van der Waals surface area contributed by atoms with Crippen molar-refractivity contribution in [1.29, 1.82) is 0 Å². The van der Waals surface area contributed by atoms with Gasteiger partial charge in [-0.2, -0.15) is 0 Å². The van der Waals surface area contributed by atoms with Crippen molar-refractivity contribution in [3.8, 4) is 0 Å². The quantitative estimate of drug-likeness (QED) is 0.836. The monoisotopic (exact) mass is 331 g/mol. The maximum absolute atomic E-state index is 12.7. The fourth-order valence-electron chi connectivity index (χ4n) is 3.50. The molecule has 0 radical (unpaired) electrons. The van der Waals surface area contributed by atoms with Crippen molar-refractivity contribution < 1.29 is 9.59 Å². The molecular weight excluding hydrogens is 302 g/mol. The molecule has 1 saturated heterocycles. The molecular formula is C16H30ClN3O2. The van der Waals surface area contributed by atoms with Crippen LogP contribution in [-0.2, 0) is 9.59 Å². The first kappa shape index (κ1) is 19.2. The zero-order valence-electron chi connectivity index (χ0n) is 14.0. The molecule has 0 bridgehead atoms. The standard InChI is InChI=1S/C16H29N3O2.ClH/c1-12(2)14(20)18-8-10-19(11-9-18)15(21)13-6-4-5-7-16(13,3)17;/h12-13H,4-11,17H2,1-3H3;1H. The number of nitrogens with two attached hydrogens (primary N) is 1. The van der Waals surface area contributed by atoms with E-state index in [0.29, 0.717) is 26.2 Å². The van der Waals surface area contributed by atoms with Gasteiger partial charge >= 0.3 is 0 Å². The summed E-state index contributed by atoms with van der Waals surface area (Å²) in [5.41, 5.74) is 5.96. The van der Waals surface area contributed by atoms with E-state index in [9.17, 15) is 9.59 Å². The number of carbonyl (C=O) groups excluding carboxylic acids is 2. The summed E-state index contributed by atoms with van der Waals surface area (Å²) in [6.45, 7) is 8.43. The van der Waals surface area contributed by atoms with Gasteiger partial charge in [-0.1, -0.05) is 26.7 Å². The third kappa shape index (κ3) is 4.13. The van der Waals surface area contributed by atoms with E-state index in [0.717, 1.165) is 25.7 Å². The van der Waals surface area contributed by atoms with Crippen LogP contribution in [-0.4, -0.2) is 53.3 Å². The third-order valence-electron chi connectivity index (χ3n) is 4.95. The number of nitrogens with zero attached hydrogens (tertiary/aromatic N) is 2. The highest BCUT2D eigenvalue weighted by atomic mass is 35.5. The maximum atomic E-state index is 12.7. The lowest BCUT2D eigenvalue weighted by Crippen LogP contribution is -2.58. The summed E-state index contributed by atoms with van der Waals surface area (Å²) in [5.74, 6) is 0.344. The van der Waals surface area contributed by atoms with Crippen LogP contribution in [0.5, 0.6) is 0 Å². The number of piperazine rings is 1. The minimum absolute atomic E-state index is 0. The van der Waals surface area contributed by atoms with Gasteiger partial charge in [0.25, 0.3) is 0 Å². The molecule has 0 aromatic rings. The molecule has 0 aromatic carbocycles. The Kier molecular flexibility index (Phi) is 6.68. The van der Waals surface area contributed by atoms with Gasteiger partial charge in [0, 0.05) is 37.6 Å². The van der Waals surface area contributed by atoms with Crippen molar-refractivity contribution in [3.05, 3.63) is 0 Å². The highest BCUT2D eigenvalue weighted by molar-refractivity contribution is 5.85. The molecule has 2 fully saturated rings. The lowest BCUT2D eigenvalue weighted by Gasteiger charge is -2.42. The Balaban J connectivity index is 0.00000242. The van der Waals surface area contributed by atoms with E-state index in [1.165, 1.54) is 0 Å². The fourth-order valence-corrected chi connectivity index (χ4v) is 3.50. The number of hydrogen-bond donors (Lipinski definition) is 1. The molecule has 2 unspecified atom stereocenters. The third-order valence-corrected chi connectivity index (χ3v) is 4.95. The van der Waals surface area contributed by atoms with Crippen molar-refractivity contribution in [2.24, 2.45) is 17.6 Å². The summed E-state index contributed by atoms with van der Waals surface area (Å²) < 4.78 is 0. The van der Waals surface area contributed by atoms with Crippen molar-refractivity contribution in [3.63, 3.8) is 0 Å². The Morgan fingerprint density at radius 3 is 2.14 bits per heavy atom. The van der Waals surface area contributed by atoms with Crippen molar-refractivity contribution >= 4 is 24.2 Å². The number of carbonyl (C=O) groups is 2. The molecule has 1 heterocycles. The van der Waals surface area contributed by atoms with Crippen LogP contribution in [0.15, 0.2) is 0 Å². The first-order valence-electron chi connectivity index (χ1n) is 8.19. The second-order valence-electron chi connectivity index (χ2n) is 7.11. The predicted octanol–water partition coefficient (Wildman–Crippen LogP) is 1.64. The average Bonchev–Trinajstić information content (AvgIpc) is 2.45. The van der Waals surface area contributed by atoms with Crippen molar-refractivity contribution in [2.75, 3.05) is 26.2 Å². The number of rotatable bonds is 2. The summed E-state index contributed by atoms with van der Waals surface area (Å²) in [4.78, 5) is 28.5. The maximum Gasteiger partial charge on any atom is 0.227 e. The molecule has 2 amide bonds. The summed E-state index contributed by atoms with van der Waals surface area (Å²) in [6.07, 6.45) is 4.04. The van der Waals surface area contributed by atoms with Gasteiger partial charge in [0.05, 0.1) is 5.92 Å². The molecule has 2 atom stereocenters. The first-order chi connectivity index (χ1) is 9.83. The average molecular weight is 332 g/mol. The van der Waals surface area contributed by atoms with Gasteiger partial charge < -0.3 is 15.5 Å². The SMILES string of the molecule is CC(C)C(=O)N1CCN(C(=O)C2CCCCC2(C)N)CC1.Cl. The van der Waals surface area contributed by atoms with Crippen LogP contribution in [0.2, 0.25) is 0 Å². The van der Waals surface area contributed by atoms with E-state index < -0.39 is 0 Å². The van der Waals surface area contributed by atoms with Crippen LogP contribution in [0.25, 0.3) is 0 Å². The number of hydrogen-bond acceptors (Lipinski definition) is 3. The first-order valence-corrected chi connectivity index (χ1v) is 8.19. The van der Waals surface area contributed by atoms with Crippen molar-refractivity contribution in [1.82, 2.24) is 9.80 Å². The van der Waals surface area contributed by atoms with E-state index in [2.05, 4.69) is 0 Å². The molecule has 0 spiro atoms. The number of amides is 2. The van der Waals surface area contributed by atoms with Gasteiger partial charge in [-0.05, 0) is 19.8 Å². The lowest BCUT2D eigenvalue weighted by atomic mass is 9.74. The normalized spacial score (nSPS) is 29.2. The van der Waals surface area contributed by atoms with E-state index in [4.69, 9.17) is 5.73 Å². The molecule has 2 N–H and O–H groups in total. The second kappa shape index (κ2) is 7.64. The molecule has 0 aromatic heterocycles. The minimum Gasteiger partial charge on any atom is -0.339 e. The fraction of sp³-hybridized carbons (Fsp3) is 0.875. The van der Waals surface area contributed by atoms with Crippen LogP contribution >= 0.6 is 12.4 Å². The summed E-state index contributed by atoms with van der Waals surface area (Å²) >= 11 is 0. The molecule has 1 aliphatic heterocycles. The van der Waals surface area contributed by atoms with E-state index in [-0.39, 0.29) is 41.6 Å². The largest absolute Gasteiger partial charge is 0.339 e. The molecule has 1 saturated carbocycles. The Morgan fingerprint density at radius 2 is 1.64 bits per heavy atom. The summed E-state index contributed by atoms with van der Waals surface area (Å²) in [7, 11) is 0. The van der Waals surface area contributed by atoms with E-state index in [1.807, 2.05) is 30.6 Å². The number of halogens is 1. The van der Waals surface area contributed by atoms with Crippen LogP contribution in [0.4, 0.5) is 0 Å². The molecule has 22 heavy (non-hydrogen) atoms. The van der Waals surface area contributed by atoms with Crippen molar-refractivity contribution in [2.45, 2.75) is 52.0 Å². The Bertz CT molecular complexity index is 404. The highest BCUT2D eigenvalue weighted by Crippen LogP contribution is 2.33. The Morgan fingerprint density at radius 1 is 1.09 bits per heavy atom. The van der Waals surface area contributed by atoms with E-state index >= 15 is 0 Å². The second-order valence-corrected chi connectivity index (χ2v) is 7.11. The van der Waals surface area contributed by atoms with Crippen LogP contribution < -0.4 is 5.73 Å². The smallest absolute Gasteiger partial charge is 0.227 e. The topological polar surface area (TPSA) is 66.6 Å². The van der Waals surface area contributed by atoms with Gasteiger partial charge in [-0.25, -0.2) is 0 Å². The highest BCUT2D eigenvalue weighted by Gasteiger charge is 2.40. The minimum atomic E-state index is -0.375. The van der Waals surface area contributed by atoms with Gasteiger partial charge in [-0.15, -0.1) is 12.4 Å². The Labute approximate surface area is 140 Å². The van der Waals surface area contributed by atoms with Gasteiger partial charge in [-0.3, -0.25) is 9.59 Å². The Hall–Kier alpha value is -0.810. The summed E-state index contributed by atoms with van der Waals surface area (Å²) in [6, 6.07) is 0. The van der Waals surface area contributed by atoms with Gasteiger partial charge in [0.2, 0.25) is 11.8 Å². The molecule has 6 heteroatoms. The predicted molar refractivity (Wildman–Crippen MR) is 89.8 cm³/mol. The molecule has 2 rings (SSSR count). The molecule has 1 aliphatic carbocycles. The zero-order chi connectivity index (χ0) is 15.6. The molecule has 2 aliphatic rings. The van der Waals surface area contributed by atoms with Gasteiger partial charge in [0.1, 0.15) is 0 Å². The lowest BCUT2D eigenvalue weighted by molar-refractivity contribution is -0.145. The molecule has 128 valence electrons. The summed E-state index contributed by atoms with van der Waals surface area (Å²) in [5, 5.41) is 0. The van der Waals surface area contributed by atoms with E-state index in [1.54, 1.807) is 0 Å². The van der Waals surface area contributed by atoms with Crippen LogP contribution in [0, 0.1) is 11.8 Å².